The van der Waals surface area contributed by atoms with Gasteiger partial charge < -0.3 is 5.32 Å². The third-order valence-corrected chi connectivity index (χ3v) is 3.00. The summed E-state index contributed by atoms with van der Waals surface area (Å²) in [6, 6.07) is 0. The Labute approximate surface area is 106 Å². The van der Waals surface area contributed by atoms with Crippen LogP contribution in [-0.4, -0.2) is 4.98 Å². The number of hydrogen-bond acceptors (Lipinski definition) is 3. The van der Waals surface area contributed by atoms with E-state index in [-0.39, 0.29) is 10.3 Å². The number of rotatable bonds is 2. The van der Waals surface area contributed by atoms with Crippen LogP contribution in [0.1, 0.15) is 0 Å². The molecule has 1 N–H and O–H groups in total. The first-order valence-electron chi connectivity index (χ1n) is 4.31. The summed E-state index contributed by atoms with van der Waals surface area (Å²) in [5.41, 5.74) is -1.17. The fourth-order valence-corrected chi connectivity index (χ4v) is 1.98. The van der Waals surface area contributed by atoms with Crippen molar-refractivity contribution in [2.75, 3.05) is 5.32 Å². The number of nitrogens with zero attached hydrogens (tertiary/aromatic N) is 1. The molecule has 0 fully saturated rings. The molecule has 18 heavy (non-hydrogen) atoms. The van der Waals surface area contributed by atoms with Crippen molar-refractivity contribution < 1.29 is 22.0 Å². The van der Waals surface area contributed by atoms with Gasteiger partial charge in [-0.3, -0.25) is 0 Å². The van der Waals surface area contributed by atoms with Gasteiger partial charge in [0.2, 0.25) is 5.82 Å². The Bertz CT molecular complexity index is 586. The third kappa shape index (κ3) is 2.13. The van der Waals surface area contributed by atoms with E-state index in [1.54, 1.807) is 0 Å². The molecule has 2 rings (SSSR count). The van der Waals surface area contributed by atoms with Crippen LogP contribution in [-0.2, 0) is 0 Å². The van der Waals surface area contributed by atoms with Gasteiger partial charge in [0.1, 0.15) is 10.8 Å². The fraction of sp³-hybridized carbons (Fsp3) is 0. The second kappa shape index (κ2) is 4.69. The van der Waals surface area contributed by atoms with Crippen LogP contribution in [0.2, 0.25) is 5.15 Å². The summed E-state index contributed by atoms with van der Waals surface area (Å²) >= 11 is 6.31. The van der Waals surface area contributed by atoms with E-state index < -0.39 is 34.8 Å². The Kier molecular flexibility index (Phi) is 3.40. The molecular weight excluding hydrogens is 299 g/mol. The number of benzene rings is 1. The zero-order valence-corrected chi connectivity index (χ0v) is 9.77. The molecule has 2 aromatic rings. The van der Waals surface area contributed by atoms with Gasteiger partial charge in [0.05, 0.1) is 0 Å². The fourth-order valence-electron chi connectivity index (χ4n) is 1.13. The monoisotopic (exact) mass is 300 g/mol. The van der Waals surface area contributed by atoms with Gasteiger partial charge in [0, 0.05) is 5.38 Å². The Morgan fingerprint density at radius 1 is 0.944 bits per heavy atom. The second-order valence-corrected chi connectivity index (χ2v) is 4.29. The summed E-state index contributed by atoms with van der Waals surface area (Å²) in [7, 11) is 0. The van der Waals surface area contributed by atoms with Crippen molar-refractivity contribution in [1.82, 2.24) is 4.98 Å². The quantitative estimate of drug-likeness (QED) is 0.510. The molecule has 0 atom stereocenters. The Morgan fingerprint density at radius 3 is 1.89 bits per heavy atom. The van der Waals surface area contributed by atoms with Gasteiger partial charge in [-0.05, 0) is 0 Å². The molecule has 0 spiro atoms. The number of nitrogens with one attached hydrogen (secondary N) is 1. The third-order valence-electron chi connectivity index (χ3n) is 1.92. The second-order valence-electron chi connectivity index (χ2n) is 3.05. The minimum atomic E-state index is -2.22. The number of aromatic nitrogens is 1. The number of hydrogen-bond donors (Lipinski definition) is 1. The Balaban J connectivity index is 2.51. The number of thiazole rings is 1. The first-order valence-corrected chi connectivity index (χ1v) is 5.57. The lowest BCUT2D eigenvalue weighted by Crippen LogP contribution is -2.06. The van der Waals surface area contributed by atoms with Crippen LogP contribution < -0.4 is 5.32 Å². The topological polar surface area (TPSA) is 24.9 Å². The van der Waals surface area contributed by atoms with E-state index in [1.165, 1.54) is 5.38 Å². The average Bonchev–Trinajstić information content (AvgIpc) is 2.75. The van der Waals surface area contributed by atoms with Crippen molar-refractivity contribution in [3.63, 3.8) is 0 Å². The van der Waals surface area contributed by atoms with Gasteiger partial charge in [-0.15, -0.1) is 11.3 Å². The van der Waals surface area contributed by atoms with Crippen molar-refractivity contribution in [2.45, 2.75) is 0 Å². The maximum Gasteiger partial charge on any atom is 0.200 e. The minimum absolute atomic E-state index is 0.0337. The minimum Gasteiger partial charge on any atom is -0.326 e. The van der Waals surface area contributed by atoms with Crippen LogP contribution in [0.25, 0.3) is 0 Å². The maximum atomic E-state index is 13.3. The first kappa shape index (κ1) is 13.0. The van der Waals surface area contributed by atoms with Gasteiger partial charge in [0.15, 0.2) is 28.4 Å². The summed E-state index contributed by atoms with van der Waals surface area (Å²) in [6.45, 7) is 0. The molecular formula is C9H2ClF5N2S. The van der Waals surface area contributed by atoms with Crippen molar-refractivity contribution >= 4 is 33.8 Å². The molecule has 96 valence electrons. The number of halogens is 6. The first-order chi connectivity index (χ1) is 8.41. The molecule has 1 aromatic heterocycles. The molecule has 0 radical (unpaired) electrons. The van der Waals surface area contributed by atoms with Gasteiger partial charge in [0.25, 0.3) is 0 Å². The summed E-state index contributed by atoms with van der Waals surface area (Å²) < 4.78 is 65.0. The Hall–Kier alpha value is -1.41. The molecule has 0 aliphatic heterocycles. The van der Waals surface area contributed by atoms with Crippen LogP contribution in [0, 0.1) is 29.1 Å². The van der Waals surface area contributed by atoms with Crippen LogP contribution in [0.5, 0.6) is 0 Å². The highest BCUT2D eigenvalue weighted by molar-refractivity contribution is 7.14. The normalized spacial score (nSPS) is 10.8. The van der Waals surface area contributed by atoms with Gasteiger partial charge >= 0.3 is 0 Å². The SMILES string of the molecule is Fc1c(F)c(F)c(Nc2nc(Cl)cs2)c(F)c1F. The molecule has 9 heteroatoms. The molecule has 0 saturated carbocycles. The summed E-state index contributed by atoms with van der Waals surface area (Å²) in [5.74, 6) is -10.2. The molecule has 2 nitrogen and oxygen atoms in total. The highest BCUT2D eigenvalue weighted by Crippen LogP contribution is 2.31. The molecule has 1 heterocycles. The van der Waals surface area contributed by atoms with E-state index in [1.807, 2.05) is 5.32 Å². The zero-order valence-electron chi connectivity index (χ0n) is 8.20. The van der Waals surface area contributed by atoms with Crippen LogP contribution in [0.4, 0.5) is 32.8 Å². The lowest BCUT2D eigenvalue weighted by atomic mass is 10.2. The summed E-state index contributed by atoms with van der Waals surface area (Å²) in [5, 5.41) is 3.27. The molecule has 0 bridgehead atoms. The summed E-state index contributed by atoms with van der Waals surface area (Å²) in [6.07, 6.45) is 0. The lowest BCUT2D eigenvalue weighted by Gasteiger charge is -2.08. The summed E-state index contributed by atoms with van der Waals surface area (Å²) in [4.78, 5) is 3.57. The molecule has 0 amide bonds. The van der Waals surface area contributed by atoms with E-state index >= 15 is 0 Å². The van der Waals surface area contributed by atoms with Gasteiger partial charge in [-0.25, -0.2) is 26.9 Å². The molecule has 0 unspecified atom stereocenters. The number of anilines is 2. The molecule has 0 aliphatic rings. The molecule has 1 aromatic carbocycles. The zero-order chi connectivity index (χ0) is 13.4. The van der Waals surface area contributed by atoms with E-state index in [9.17, 15) is 22.0 Å². The molecule has 0 saturated heterocycles. The predicted octanol–water partition coefficient (Wildman–Crippen LogP) is 4.24. The highest BCUT2D eigenvalue weighted by atomic mass is 35.5. The predicted molar refractivity (Wildman–Crippen MR) is 56.6 cm³/mol. The average molecular weight is 301 g/mol. The smallest absolute Gasteiger partial charge is 0.200 e. The van der Waals surface area contributed by atoms with Crippen molar-refractivity contribution in [3.05, 3.63) is 39.6 Å². The largest absolute Gasteiger partial charge is 0.326 e. The Morgan fingerprint density at radius 2 is 1.44 bits per heavy atom. The lowest BCUT2D eigenvalue weighted by molar-refractivity contribution is 0.382. The van der Waals surface area contributed by atoms with E-state index in [0.717, 1.165) is 11.3 Å². The van der Waals surface area contributed by atoms with Crippen LogP contribution in [0.3, 0.4) is 0 Å². The van der Waals surface area contributed by atoms with Crippen molar-refractivity contribution in [3.8, 4) is 0 Å². The van der Waals surface area contributed by atoms with Crippen molar-refractivity contribution in [2.24, 2.45) is 0 Å². The highest BCUT2D eigenvalue weighted by Gasteiger charge is 2.26. The maximum absolute atomic E-state index is 13.3. The molecule has 0 aliphatic carbocycles. The van der Waals surface area contributed by atoms with E-state index in [4.69, 9.17) is 11.6 Å². The van der Waals surface area contributed by atoms with Crippen LogP contribution >= 0.6 is 22.9 Å². The van der Waals surface area contributed by atoms with E-state index in [2.05, 4.69) is 4.98 Å². The van der Waals surface area contributed by atoms with Crippen LogP contribution in [0.15, 0.2) is 5.38 Å². The van der Waals surface area contributed by atoms with Gasteiger partial charge in [-0.2, -0.15) is 0 Å². The van der Waals surface area contributed by atoms with Gasteiger partial charge in [-0.1, -0.05) is 11.6 Å². The van der Waals surface area contributed by atoms with Crippen molar-refractivity contribution in [1.29, 1.82) is 0 Å². The van der Waals surface area contributed by atoms with E-state index in [0.29, 0.717) is 0 Å². The standard InChI is InChI=1S/C9H2ClF5N2S/c10-2-1-18-9(16-2)17-8-6(14)4(12)3(11)5(13)7(8)15/h1H,(H,16,17).